The first-order valence-electron chi connectivity index (χ1n) is 7.33. The SMILES string of the molecule is Cc1c(C(=O)NNC(=O)c2cccnc2)[nH]c2c1C(=O)CCC2. The second-order valence-electron chi connectivity index (χ2n) is 5.41. The van der Waals surface area contributed by atoms with Gasteiger partial charge >= 0.3 is 0 Å². The number of aryl methyl sites for hydroxylation is 1. The molecule has 118 valence electrons. The van der Waals surface area contributed by atoms with Crippen LogP contribution < -0.4 is 10.9 Å². The molecule has 1 aliphatic rings. The van der Waals surface area contributed by atoms with Crippen LogP contribution in [0.5, 0.6) is 0 Å². The smallest absolute Gasteiger partial charge is 0.286 e. The normalized spacial score (nSPS) is 13.3. The molecule has 7 nitrogen and oxygen atoms in total. The minimum atomic E-state index is -0.484. The number of fused-ring (bicyclic) bond motifs is 1. The van der Waals surface area contributed by atoms with Gasteiger partial charge in [0.05, 0.1) is 5.56 Å². The fraction of sp³-hybridized carbons (Fsp3) is 0.250. The summed E-state index contributed by atoms with van der Waals surface area (Å²) >= 11 is 0. The molecule has 2 heterocycles. The summed E-state index contributed by atoms with van der Waals surface area (Å²) in [5.41, 5.74) is 7.35. The lowest BCUT2D eigenvalue weighted by Crippen LogP contribution is -2.42. The highest BCUT2D eigenvalue weighted by Crippen LogP contribution is 2.26. The van der Waals surface area contributed by atoms with E-state index in [2.05, 4.69) is 20.8 Å². The van der Waals surface area contributed by atoms with E-state index >= 15 is 0 Å². The molecule has 0 spiro atoms. The largest absolute Gasteiger partial charge is 0.354 e. The van der Waals surface area contributed by atoms with Crippen LogP contribution >= 0.6 is 0 Å². The zero-order valence-corrected chi connectivity index (χ0v) is 12.6. The minimum absolute atomic E-state index is 0.0541. The van der Waals surface area contributed by atoms with Crippen LogP contribution in [0.1, 0.15) is 55.3 Å². The molecule has 2 aromatic rings. The quantitative estimate of drug-likeness (QED) is 0.727. The summed E-state index contributed by atoms with van der Waals surface area (Å²) in [5.74, 6) is -0.892. The van der Waals surface area contributed by atoms with E-state index in [1.165, 1.54) is 6.20 Å². The maximum absolute atomic E-state index is 12.2. The van der Waals surface area contributed by atoms with Crippen molar-refractivity contribution in [3.8, 4) is 0 Å². The zero-order chi connectivity index (χ0) is 16.4. The number of carbonyl (C=O) groups excluding carboxylic acids is 3. The predicted octanol–water partition coefficient (Wildman–Crippen LogP) is 1.31. The molecule has 0 radical (unpaired) electrons. The molecule has 1 aliphatic carbocycles. The second-order valence-corrected chi connectivity index (χ2v) is 5.41. The number of amides is 2. The Morgan fingerprint density at radius 2 is 2.00 bits per heavy atom. The Labute approximate surface area is 132 Å². The van der Waals surface area contributed by atoms with Gasteiger partial charge in [-0.15, -0.1) is 0 Å². The number of hydrazine groups is 1. The number of hydrogen-bond acceptors (Lipinski definition) is 4. The maximum Gasteiger partial charge on any atom is 0.286 e. The minimum Gasteiger partial charge on any atom is -0.354 e. The number of hydrogen-bond donors (Lipinski definition) is 3. The van der Waals surface area contributed by atoms with Crippen LogP contribution in [0.2, 0.25) is 0 Å². The number of Topliss-reactive ketones (excluding diaryl/α,β-unsaturated/α-hetero) is 1. The van der Waals surface area contributed by atoms with Gasteiger partial charge in [-0.1, -0.05) is 0 Å². The molecule has 0 saturated carbocycles. The van der Waals surface area contributed by atoms with Crippen LogP contribution in [0.25, 0.3) is 0 Å². The Morgan fingerprint density at radius 3 is 2.70 bits per heavy atom. The van der Waals surface area contributed by atoms with Crippen LogP contribution in [0, 0.1) is 6.92 Å². The standard InChI is InChI=1S/C16H16N4O3/c1-9-13-11(5-2-6-12(13)21)18-14(9)16(23)20-19-15(22)10-4-3-7-17-8-10/h3-4,7-8,18H,2,5-6H2,1H3,(H,19,22)(H,20,23). The molecule has 3 N–H and O–H groups in total. The molecule has 0 bridgehead atoms. The lowest BCUT2D eigenvalue weighted by atomic mass is 9.94. The van der Waals surface area contributed by atoms with Gasteiger partial charge in [0.1, 0.15) is 5.69 Å². The molecule has 7 heteroatoms. The van der Waals surface area contributed by atoms with Gasteiger partial charge in [-0.3, -0.25) is 30.2 Å². The zero-order valence-electron chi connectivity index (χ0n) is 12.6. The first-order chi connectivity index (χ1) is 11.1. The van der Waals surface area contributed by atoms with Crippen LogP contribution in [-0.2, 0) is 6.42 Å². The highest BCUT2D eigenvalue weighted by Gasteiger charge is 2.26. The highest BCUT2D eigenvalue weighted by molar-refractivity contribution is 6.05. The third kappa shape index (κ3) is 2.85. The van der Waals surface area contributed by atoms with Gasteiger partial charge in [-0.25, -0.2) is 0 Å². The van der Waals surface area contributed by atoms with Gasteiger partial charge in [-0.05, 0) is 37.5 Å². The Hall–Kier alpha value is -2.96. The molecule has 0 unspecified atom stereocenters. The van der Waals surface area contributed by atoms with Crippen molar-refractivity contribution < 1.29 is 14.4 Å². The van der Waals surface area contributed by atoms with Crippen molar-refractivity contribution in [3.63, 3.8) is 0 Å². The summed E-state index contributed by atoms with van der Waals surface area (Å²) in [4.78, 5) is 42.9. The number of carbonyl (C=O) groups is 3. The first kappa shape index (κ1) is 15.0. The van der Waals surface area contributed by atoms with Crippen molar-refractivity contribution in [2.45, 2.75) is 26.2 Å². The predicted molar refractivity (Wildman–Crippen MR) is 82.0 cm³/mol. The fourth-order valence-electron chi connectivity index (χ4n) is 2.75. The average molecular weight is 312 g/mol. The number of nitrogens with zero attached hydrogens (tertiary/aromatic N) is 1. The number of aromatic nitrogens is 2. The number of ketones is 1. The van der Waals surface area contributed by atoms with Crippen molar-refractivity contribution in [3.05, 3.63) is 52.6 Å². The molecule has 3 rings (SSSR count). The Kier molecular flexibility index (Phi) is 3.92. The third-order valence-electron chi connectivity index (χ3n) is 3.88. The average Bonchev–Trinajstić information content (AvgIpc) is 2.91. The van der Waals surface area contributed by atoms with E-state index in [9.17, 15) is 14.4 Å². The van der Waals surface area contributed by atoms with Crippen molar-refractivity contribution in [2.75, 3.05) is 0 Å². The molecule has 0 atom stereocenters. The number of aromatic amines is 1. The number of H-pyrrole nitrogens is 1. The fourth-order valence-corrected chi connectivity index (χ4v) is 2.75. The molecule has 0 aliphatic heterocycles. The van der Waals surface area contributed by atoms with Gasteiger partial charge in [0.25, 0.3) is 11.8 Å². The molecule has 23 heavy (non-hydrogen) atoms. The van der Waals surface area contributed by atoms with Gasteiger partial charge in [0.2, 0.25) is 0 Å². The Bertz CT molecular complexity index is 780. The Balaban J connectivity index is 1.72. The monoisotopic (exact) mass is 312 g/mol. The van der Waals surface area contributed by atoms with Crippen molar-refractivity contribution in [2.24, 2.45) is 0 Å². The molecular weight excluding hydrogens is 296 g/mol. The van der Waals surface area contributed by atoms with E-state index in [1.54, 1.807) is 25.3 Å². The van der Waals surface area contributed by atoms with E-state index in [0.717, 1.165) is 18.5 Å². The number of pyridine rings is 1. The van der Waals surface area contributed by atoms with Crippen molar-refractivity contribution in [1.29, 1.82) is 0 Å². The van der Waals surface area contributed by atoms with E-state index < -0.39 is 11.8 Å². The Morgan fingerprint density at radius 1 is 1.22 bits per heavy atom. The van der Waals surface area contributed by atoms with Gasteiger partial charge in [-0.2, -0.15) is 0 Å². The van der Waals surface area contributed by atoms with Gasteiger partial charge in [0.15, 0.2) is 5.78 Å². The topological polar surface area (TPSA) is 104 Å². The van der Waals surface area contributed by atoms with E-state index in [-0.39, 0.29) is 5.78 Å². The summed E-state index contributed by atoms with van der Waals surface area (Å²) in [5, 5.41) is 0. The molecule has 2 aromatic heterocycles. The maximum atomic E-state index is 12.2. The summed E-state index contributed by atoms with van der Waals surface area (Å²) in [7, 11) is 0. The van der Waals surface area contributed by atoms with Crippen LogP contribution in [0.4, 0.5) is 0 Å². The molecule has 0 aromatic carbocycles. The molecule has 0 saturated heterocycles. The summed E-state index contributed by atoms with van der Waals surface area (Å²) in [6, 6.07) is 3.22. The van der Waals surface area contributed by atoms with E-state index in [1.807, 2.05) is 0 Å². The van der Waals surface area contributed by atoms with Crippen LogP contribution in [-0.4, -0.2) is 27.6 Å². The van der Waals surface area contributed by atoms with Crippen molar-refractivity contribution in [1.82, 2.24) is 20.8 Å². The lowest BCUT2D eigenvalue weighted by Gasteiger charge is -2.09. The number of rotatable bonds is 2. The van der Waals surface area contributed by atoms with Gasteiger partial charge < -0.3 is 4.98 Å². The van der Waals surface area contributed by atoms with Gasteiger partial charge in [0, 0.05) is 30.1 Å². The third-order valence-corrected chi connectivity index (χ3v) is 3.88. The van der Waals surface area contributed by atoms with Crippen molar-refractivity contribution >= 4 is 17.6 Å². The first-order valence-corrected chi connectivity index (χ1v) is 7.33. The van der Waals surface area contributed by atoms with E-state index in [4.69, 9.17) is 0 Å². The molecular formula is C16H16N4O3. The number of nitrogens with one attached hydrogen (secondary N) is 3. The summed E-state index contributed by atoms with van der Waals surface area (Å²) in [6.45, 7) is 1.73. The lowest BCUT2D eigenvalue weighted by molar-refractivity contribution is 0.0843. The van der Waals surface area contributed by atoms with E-state index in [0.29, 0.717) is 28.8 Å². The van der Waals surface area contributed by atoms with Crippen LogP contribution in [0.3, 0.4) is 0 Å². The summed E-state index contributed by atoms with van der Waals surface area (Å²) < 4.78 is 0. The van der Waals surface area contributed by atoms with Crippen LogP contribution in [0.15, 0.2) is 24.5 Å². The molecule has 0 fully saturated rings. The summed E-state index contributed by atoms with van der Waals surface area (Å²) in [6.07, 6.45) is 4.99. The second kappa shape index (κ2) is 6.04. The highest BCUT2D eigenvalue weighted by atomic mass is 16.2. The molecule has 2 amide bonds.